The van der Waals surface area contributed by atoms with Crippen molar-refractivity contribution in [2.75, 3.05) is 12.3 Å². The molecule has 0 saturated carbocycles. The number of rotatable bonds is 10. The van der Waals surface area contributed by atoms with Gasteiger partial charge in [0.1, 0.15) is 5.82 Å². The van der Waals surface area contributed by atoms with Crippen LogP contribution in [0.2, 0.25) is 0 Å². The van der Waals surface area contributed by atoms with Crippen molar-refractivity contribution >= 4 is 19.9 Å². The summed E-state index contributed by atoms with van der Waals surface area (Å²) >= 11 is 0. The molecule has 0 aromatic heterocycles. The second-order valence-corrected chi connectivity index (χ2v) is 10.8. The minimum atomic E-state index is -3.81. The lowest BCUT2D eigenvalue weighted by Gasteiger charge is -2.22. The fourth-order valence-corrected chi connectivity index (χ4v) is 5.10. The Labute approximate surface area is 167 Å². The first-order chi connectivity index (χ1) is 13.2. The van der Waals surface area contributed by atoms with Crippen LogP contribution in [0.1, 0.15) is 38.7 Å². The Bertz CT molecular complexity index is 970. The zero-order valence-electron chi connectivity index (χ0n) is 16.1. The fourth-order valence-electron chi connectivity index (χ4n) is 2.75. The Hall–Kier alpha value is -1.77. The highest BCUT2D eigenvalue weighted by atomic mass is 32.2. The van der Waals surface area contributed by atoms with E-state index in [1.807, 2.05) is 6.92 Å². The van der Waals surface area contributed by atoms with Crippen LogP contribution in [0.3, 0.4) is 0 Å². The molecule has 2 aromatic rings. The maximum absolute atomic E-state index is 13.2. The van der Waals surface area contributed by atoms with Gasteiger partial charge in [0.15, 0.2) is 9.84 Å². The maximum atomic E-state index is 13.2. The van der Waals surface area contributed by atoms with E-state index in [0.29, 0.717) is 18.5 Å². The summed E-state index contributed by atoms with van der Waals surface area (Å²) < 4.78 is 64.7. The quantitative estimate of drug-likeness (QED) is 0.537. The third-order valence-electron chi connectivity index (χ3n) is 4.48. The molecule has 0 N–H and O–H groups in total. The topological polar surface area (TPSA) is 71.5 Å². The minimum absolute atomic E-state index is 0.0427. The highest BCUT2D eigenvalue weighted by Crippen LogP contribution is 2.22. The summed E-state index contributed by atoms with van der Waals surface area (Å²) in [6.45, 7) is 4.04. The molecular weight excluding hydrogens is 401 g/mol. The van der Waals surface area contributed by atoms with Crippen molar-refractivity contribution in [1.29, 1.82) is 0 Å². The Morgan fingerprint density at radius 2 is 1.39 bits per heavy atom. The number of hydrogen-bond donors (Lipinski definition) is 0. The maximum Gasteiger partial charge on any atom is 0.243 e. The highest BCUT2D eigenvalue weighted by molar-refractivity contribution is 7.91. The molecule has 2 rings (SSSR count). The van der Waals surface area contributed by atoms with E-state index in [-0.39, 0.29) is 27.9 Å². The summed E-state index contributed by atoms with van der Waals surface area (Å²) in [5, 5.41) is 0. The van der Waals surface area contributed by atoms with Crippen molar-refractivity contribution in [2.24, 2.45) is 0 Å². The standard InChI is InChI=1S/C20H26FNO4S2/c1-3-5-6-15-22(16-17-7-9-18(21)10-8-17)28(25,26)20-13-11-19(12-14-20)27(23,24)4-2/h7-14H,3-6,15-16H2,1-2H3. The third-order valence-corrected chi connectivity index (χ3v) is 8.09. The van der Waals surface area contributed by atoms with Gasteiger partial charge in [0.2, 0.25) is 10.0 Å². The summed E-state index contributed by atoms with van der Waals surface area (Å²) in [4.78, 5) is 0.145. The first-order valence-electron chi connectivity index (χ1n) is 9.28. The van der Waals surface area contributed by atoms with Gasteiger partial charge in [-0.15, -0.1) is 0 Å². The minimum Gasteiger partial charge on any atom is -0.224 e. The molecule has 0 amide bonds. The lowest BCUT2D eigenvalue weighted by atomic mass is 10.2. The van der Waals surface area contributed by atoms with Crippen molar-refractivity contribution in [3.63, 3.8) is 0 Å². The largest absolute Gasteiger partial charge is 0.243 e. The number of benzene rings is 2. The molecule has 8 heteroatoms. The van der Waals surface area contributed by atoms with E-state index in [4.69, 9.17) is 0 Å². The Kier molecular flexibility index (Phi) is 7.74. The van der Waals surface area contributed by atoms with Gasteiger partial charge in [-0.2, -0.15) is 4.31 Å². The van der Waals surface area contributed by atoms with E-state index in [1.54, 1.807) is 12.1 Å². The number of sulfonamides is 1. The highest BCUT2D eigenvalue weighted by Gasteiger charge is 2.25. The molecule has 0 spiro atoms. The molecule has 0 heterocycles. The van der Waals surface area contributed by atoms with E-state index >= 15 is 0 Å². The van der Waals surface area contributed by atoms with Crippen LogP contribution in [0.5, 0.6) is 0 Å². The molecule has 2 aromatic carbocycles. The average Bonchev–Trinajstić information content (AvgIpc) is 2.69. The summed E-state index contributed by atoms with van der Waals surface area (Å²) in [6, 6.07) is 11.0. The van der Waals surface area contributed by atoms with E-state index in [1.165, 1.54) is 47.6 Å². The van der Waals surface area contributed by atoms with Crippen LogP contribution in [0.25, 0.3) is 0 Å². The molecule has 0 aliphatic heterocycles. The summed E-state index contributed by atoms with van der Waals surface area (Å²) in [5.41, 5.74) is 0.687. The van der Waals surface area contributed by atoms with Gasteiger partial charge in [-0.25, -0.2) is 21.2 Å². The van der Waals surface area contributed by atoms with Crippen molar-refractivity contribution in [2.45, 2.75) is 49.4 Å². The van der Waals surface area contributed by atoms with Crippen LogP contribution in [0.15, 0.2) is 58.3 Å². The molecule has 154 valence electrons. The predicted octanol–water partition coefficient (Wildman–Crippen LogP) is 4.00. The number of sulfone groups is 1. The van der Waals surface area contributed by atoms with Gasteiger partial charge >= 0.3 is 0 Å². The molecule has 0 radical (unpaired) electrons. The lowest BCUT2D eigenvalue weighted by Crippen LogP contribution is -2.31. The number of nitrogens with zero attached hydrogens (tertiary/aromatic N) is 1. The van der Waals surface area contributed by atoms with Crippen LogP contribution in [0.4, 0.5) is 4.39 Å². The third kappa shape index (κ3) is 5.62. The van der Waals surface area contributed by atoms with Gasteiger partial charge in [-0.05, 0) is 48.4 Å². The summed E-state index contributed by atoms with van der Waals surface area (Å²) in [7, 11) is -7.21. The van der Waals surface area contributed by atoms with Gasteiger partial charge in [-0.1, -0.05) is 38.8 Å². The second-order valence-electron chi connectivity index (χ2n) is 6.55. The van der Waals surface area contributed by atoms with Crippen molar-refractivity contribution in [3.05, 3.63) is 59.9 Å². The Morgan fingerprint density at radius 3 is 1.93 bits per heavy atom. The molecule has 0 aliphatic carbocycles. The molecule has 0 fully saturated rings. The first-order valence-corrected chi connectivity index (χ1v) is 12.4. The molecule has 28 heavy (non-hydrogen) atoms. The lowest BCUT2D eigenvalue weighted by molar-refractivity contribution is 0.394. The Balaban J connectivity index is 2.32. The van der Waals surface area contributed by atoms with E-state index < -0.39 is 19.9 Å². The number of hydrogen-bond acceptors (Lipinski definition) is 4. The molecule has 0 unspecified atom stereocenters. The predicted molar refractivity (Wildman–Crippen MR) is 108 cm³/mol. The molecule has 0 bridgehead atoms. The van der Waals surface area contributed by atoms with Gasteiger partial charge in [0.05, 0.1) is 15.5 Å². The van der Waals surface area contributed by atoms with Crippen molar-refractivity contribution in [3.8, 4) is 0 Å². The molecule has 5 nitrogen and oxygen atoms in total. The SMILES string of the molecule is CCCCCN(Cc1ccc(F)cc1)S(=O)(=O)c1ccc(S(=O)(=O)CC)cc1. The number of halogens is 1. The van der Waals surface area contributed by atoms with Crippen LogP contribution in [-0.2, 0) is 26.4 Å². The van der Waals surface area contributed by atoms with E-state index in [2.05, 4.69) is 0 Å². The molecule has 0 saturated heterocycles. The Morgan fingerprint density at radius 1 is 0.821 bits per heavy atom. The van der Waals surface area contributed by atoms with Crippen molar-refractivity contribution < 1.29 is 21.2 Å². The van der Waals surface area contributed by atoms with Gasteiger partial charge in [0, 0.05) is 13.1 Å². The van der Waals surface area contributed by atoms with Crippen molar-refractivity contribution in [1.82, 2.24) is 4.31 Å². The van der Waals surface area contributed by atoms with Gasteiger partial charge < -0.3 is 0 Å². The van der Waals surface area contributed by atoms with Gasteiger partial charge in [-0.3, -0.25) is 0 Å². The zero-order chi connectivity index (χ0) is 20.8. The monoisotopic (exact) mass is 427 g/mol. The normalized spacial score (nSPS) is 12.4. The zero-order valence-corrected chi connectivity index (χ0v) is 17.8. The first kappa shape index (κ1) is 22.5. The molecule has 0 aliphatic rings. The fraction of sp³-hybridized carbons (Fsp3) is 0.400. The number of unbranched alkanes of at least 4 members (excludes halogenated alkanes) is 2. The average molecular weight is 428 g/mol. The van der Waals surface area contributed by atoms with Crippen LogP contribution < -0.4 is 0 Å². The van der Waals surface area contributed by atoms with E-state index in [0.717, 1.165) is 12.8 Å². The van der Waals surface area contributed by atoms with Crippen LogP contribution in [0, 0.1) is 5.82 Å². The van der Waals surface area contributed by atoms with Crippen LogP contribution >= 0.6 is 0 Å². The van der Waals surface area contributed by atoms with E-state index in [9.17, 15) is 21.2 Å². The van der Waals surface area contributed by atoms with Crippen LogP contribution in [-0.4, -0.2) is 33.4 Å². The molecule has 0 atom stereocenters. The van der Waals surface area contributed by atoms with Gasteiger partial charge in [0.25, 0.3) is 0 Å². The smallest absolute Gasteiger partial charge is 0.224 e. The summed E-state index contributed by atoms with van der Waals surface area (Å²) in [6.07, 6.45) is 2.55. The summed E-state index contributed by atoms with van der Waals surface area (Å²) in [5.74, 6) is -0.427. The molecular formula is C20H26FNO4S2. The second kappa shape index (κ2) is 9.62.